The van der Waals surface area contributed by atoms with E-state index in [0.717, 1.165) is 11.6 Å². The molecule has 2 aromatic rings. The smallest absolute Gasteiger partial charge is 0.158 e. The second-order valence-corrected chi connectivity index (χ2v) is 2.46. The minimum Gasteiger partial charge on any atom is -0.373 e. The molecule has 13 heavy (non-hydrogen) atoms. The Morgan fingerprint density at radius 1 is 1.38 bits per heavy atom. The largest absolute Gasteiger partial charge is 0.373 e. The maximum atomic E-state index is 4.08. The summed E-state index contributed by atoms with van der Waals surface area (Å²) in [4.78, 5) is 8.08. The predicted octanol–water partition coefficient (Wildman–Crippen LogP) is 0.704. The van der Waals surface area contributed by atoms with Gasteiger partial charge in [0.25, 0.3) is 0 Å². The van der Waals surface area contributed by atoms with Crippen LogP contribution in [0, 0.1) is 0 Å². The average Bonchev–Trinajstić information content (AvgIpc) is 2.71. The second-order valence-electron chi connectivity index (χ2n) is 2.46. The van der Waals surface area contributed by atoms with Crippen LogP contribution in [-0.4, -0.2) is 26.8 Å². The van der Waals surface area contributed by atoms with E-state index in [1.807, 2.05) is 25.4 Å². The van der Waals surface area contributed by atoms with Gasteiger partial charge in [-0.1, -0.05) is 0 Å². The van der Waals surface area contributed by atoms with E-state index in [1.54, 1.807) is 10.9 Å². The Hall–Kier alpha value is -1.91. The molecular weight excluding hydrogens is 166 g/mol. The van der Waals surface area contributed by atoms with E-state index in [2.05, 4.69) is 20.4 Å². The lowest BCUT2D eigenvalue weighted by molar-refractivity contribution is 0.840. The number of nitrogens with one attached hydrogen (secondary N) is 1. The molecule has 66 valence electrons. The molecule has 0 aliphatic rings. The standard InChI is InChI=1S/C8H9N5/c1-9-7-5-8(11-6-10-7)13-4-2-3-12-13/h2-6H,1H3,(H,9,10,11). The van der Waals surface area contributed by atoms with Gasteiger partial charge in [-0.15, -0.1) is 0 Å². The van der Waals surface area contributed by atoms with Gasteiger partial charge in [-0.25, -0.2) is 14.6 Å². The number of hydrogen-bond donors (Lipinski definition) is 1. The van der Waals surface area contributed by atoms with Crippen molar-refractivity contribution in [2.24, 2.45) is 0 Å². The molecule has 0 atom stereocenters. The predicted molar refractivity (Wildman–Crippen MR) is 48.7 cm³/mol. The Balaban J connectivity index is 2.41. The van der Waals surface area contributed by atoms with Crippen LogP contribution in [0.4, 0.5) is 5.82 Å². The van der Waals surface area contributed by atoms with Crippen LogP contribution in [0.5, 0.6) is 0 Å². The quantitative estimate of drug-likeness (QED) is 0.730. The minimum atomic E-state index is 0.754. The summed E-state index contributed by atoms with van der Waals surface area (Å²) < 4.78 is 1.68. The lowest BCUT2D eigenvalue weighted by Crippen LogP contribution is -2.00. The van der Waals surface area contributed by atoms with E-state index < -0.39 is 0 Å². The molecule has 0 bridgehead atoms. The Morgan fingerprint density at radius 2 is 2.31 bits per heavy atom. The molecule has 2 rings (SSSR count). The lowest BCUT2D eigenvalue weighted by Gasteiger charge is -2.01. The number of aromatic nitrogens is 4. The van der Waals surface area contributed by atoms with Gasteiger partial charge in [0.15, 0.2) is 5.82 Å². The highest BCUT2D eigenvalue weighted by Crippen LogP contribution is 2.06. The molecule has 5 heteroatoms. The zero-order chi connectivity index (χ0) is 9.10. The third-order valence-electron chi connectivity index (χ3n) is 1.65. The van der Waals surface area contributed by atoms with Crippen LogP contribution in [0.2, 0.25) is 0 Å². The molecule has 2 heterocycles. The van der Waals surface area contributed by atoms with Crippen LogP contribution in [0.1, 0.15) is 0 Å². The van der Waals surface area contributed by atoms with Crippen molar-refractivity contribution in [1.82, 2.24) is 19.7 Å². The summed E-state index contributed by atoms with van der Waals surface area (Å²) >= 11 is 0. The molecular formula is C8H9N5. The Labute approximate surface area is 75.4 Å². The van der Waals surface area contributed by atoms with Crippen molar-refractivity contribution < 1.29 is 0 Å². The average molecular weight is 175 g/mol. The first-order valence-corrected chi connectivity index (χ1v) is 3.90. The molecule has 5 nitrogen and oxygen atoms in total. The highest BCUT2D eigenvalue weighted by atomic mass is 15.3. The van der Waals surface area contributed by atoms with Crippen LogP contribution >= 0.6 is 0 Å². The normalized spacial score (nSPS) is 9.92. The first-order chi connectivity index (χ1) is 6.40. The van der Waals surface area contributed by atoms with Crippen molar-refractivity contribution >= 4 is 5.82 Å². The van der Waals surface area contributed by atoms with Gasteiger partial charge in [0.05, 0.1) is 0 Å². The van der Waals surface area contributed by atoms with Gasteiger partial charge in [-0.3, -0.25) is 0 Å². The van der Waals surface area contributed by atoms with Gasteiger partial charge in [0, 0.05) is 25.5 Å². The molecule has 0 aliphatic heterocycles. The summed E-state index contributed by atoms with van der Waals surface area (Å²) in [5.74, 6) is 1.53. The zero-order valence-corrected chi connectivity index (χ0v) is 7.18. The van der Waals surface area contributed by atoms with E-state index >= 15 is 0 Å². The van der Waals surface area contributed by atoms with Gasteiger partial charge >= 0.3 is 0 Å². The third kappa shape index (κ3) is 1.48. The van der Waals surface area contributed by atoms with Crippen molar-refractivity contribution in [3.8, 4) is 5.82 Å². The Bertz CT molecular complexity index is 381. The van der Waals surface area contributed by atoms with Gasteiger partial charge in [-0.05, 0) is 6.07 Å². The highest BCUT2D eigenvalue weighted by Gasteiger charge is 1.98. The van der Waals surface area contributed by atoms with Crippen molar-refractivity contribution in [3.05, 3.63) is 30.9 Å². The monoisotopic (exact) mass is 175 g/mol. The van der Waals surface area contributed by atoms with Gasteiger partial charge < -0.3 is 5.32 Å². The van der Waals surface area contributed by atoms with Crippen LogP contribution in [0.25, 0.3) is 5.82 Å². The van der Waals surface area contributed by atoms with Crippen molar-refractivity contribution in [2.45, 2.75) is 0 Å². The zero-order valence-electron chi connectivity index (χ0n) is 7.18. The maximum absolute atomic E-state index is 4.08. The van der Waals surface area contributed by atoms with Crippen molar-refractivity contribution in [3.63, 3.8) is 0 Å². The van der Waals surface area contributed by atoms with Crippen LogP contribution in [0.3, 0.4) is 0 Å². The van der Waals surface area contributed by atoms with E-state index in [-0.39, 0.29) is 0 Å². The van der Waals surface area contributed by atoms with E-state index in [4.69, 9.17) is 0 Å². The van der Waals surface area contributed by atoms with Gasteiger partial charge in [-0.2, -0.15) is 5.10 Å². The molecule has 2 aromatic heterocycles. The third-order valence-corrected chi connectivity index (χ3v) is 1.65. The summed E-state index contributed by atoms with van der Waals surface area (Å²) in [5, 5.41) is 7.00. The fourth-order valence-corrected chi connectivity index (χ4v) is 1.01. The van der Waals surface area contributed by atoms with Gasteiger partial charge in [0.1, 0.15) is 12.1 Å². The summed E-state index contributed by atoms with van der Waals surface area (Å²) in [6.45, 7) is 0. The number of rotatable bonds is 2. The number of anilines is 1. The topological polar surface area (TPSA) is 55.6 Å². The maximum Gasteiger partial charge on any atom is 0.158 e. The first-order valence-electron chi connectivity index (χ1n) is 3.90. The molecule has 0 unspecified atom stereocenters. The first kappa shape index (κ1) is 7.72. The van der Waals surface area contributed by atoms with Crippen molar-refractivity contribution in [1.29, 1.82) is 0 Å². The molecule has 0 amide bonds. The highest BCUT2D eigenvalue weighted by molar-refractivity contribution is 5.39. The summed E-state index contributed by atoms with van der Waals surface area (Å²) in [5.41, 5.74) is 0. The summed E-state index contributed by atoms with van der Waals surface area (Å²) in [6.07, 6.45) is 5.05. The number of nitrogens with zero attached hydrogens (tertiary/aromatic N) is 4. The van der Waals surface area contributed by atoms with Crippen LogP contribution < -0.4 is 5.32 Å². The SMILES string of the molecule is CNc1cc(-n2cccn2)ncn1. The van der Waals surface area contributed by atoms with E-state index in [9.17, 15) is 0 Å². The summed E-state index contributed by atoms with van der Waals surface area (Å²) in [6, 6.07) is 3.67. The molecule has 0 aliphatic carbocycles. The van der Waals surface area contributed by atoms with Crippen LogP contribution in [-0.2, 0) is 0 Å². The number of hydrogen-bond acceptors (Lipinski definition) is 4. The second kappa shape index (κ2) is 3.22. The fourth-order valence-electron chi connectivity index (χ4n) is 1.01. The molecule has 0 saturated heterocycles. The fraction of sp³-hybridized carbons (Fsp3) is 0.125. The molecule has 0 aromatic carbocycles. The van der Waals surface area contributed by atoms with E-state index in [1.165, 1.54) is 6.33 Å². The molecule has 0 saturated carbocycles. The molecule has 1 N–H and O–H groups in total. The minimum absolute atomic E-state index is 0.754. The lowest BCUT2D eigenvalue weighted by atomic mass is 10.5. The molecule has 0 fully saturated rings. The molecule has 0 spiro atoms. The van der Waals surface area contributed by atoms with E-state index in [0.29, 0.717) is 0 Å². The summed E-state index contributed by atoms with van der Waals surface area (Å²) in [7, 11) is 1.81. The Morgan fingerprint density at radius 3 is 3.00 bits per heavy atom. The van der Waals surface area contributed by atoms with Gasteiger partial charge in [0.2, 0.25) is 0 Å². The van der Waals surface area contributed by atoms with Crippen LogP contribution in [0.15, 0.2) is 30.9 Å². The Kier molecular flexibility index (Phi) is 1.91. The molecule has 0 radical (unpaired) electrons. The van der Waals surface area contributed by atoms with Crippen molar-refractivity contribution in [2.75, 3.05) is 12.4 Å².